The number of carbonyl (C=O) groups is 1. The summed E-state index contributed by atoms with van der Waals surface area (Å²) >= 11 is 3.14. The van der Waals surface area contributed by atoms with Gasteiger partial charge in [0.05, 0.1) is 37.1 Å². The van der Waals surface area contributed by atoms with Crippen molar-refractivity contribution in [2.75, 3.05) is 26.3 Å². The fraction of sp³-hybridized carbons (Fsp3) is 0.381. The van der Waals surface area contributed by atoms with Crippen molar-refractivity contribution in [3.05, 3.63) is 52.5 Å². The summed E-state index contributed by atoms with van der Waals surface area (Å²) < 4.78 is 5.43. The molecule has 0 aliphatic carbocycles. The first kappa shape index (κ1) is 20.3. The molecule has 152 valence electrons. The Morgan fingerprint density at radius 3 is 2.86 bits per heavy atom. The number of aromatic nitrogens is 2. The van der Waals surface area contributed by atoms with E-state index in [4.69, 9.17) is 14.7 Å². The van der Waals surface area contributed by atoms with E-state index in [2.05, 4.69) is 10.2 Å². The molecule has 1 aliphatic rings. The number of amides is 1. The standard InChI is InChI=1S/C21H24N4O2S2/c1-15(20(26)22-13-16-5-4-12-28-16)29-21-17-6-2-3-7-18(17)23-19(24-21)14-25-8-10-27-11-9-25/h2-7,12,15H,8-11,13-14H2,1H3,(H,22,26). The SMILES string of the molecule is CC(Sc1nc(CN2CCOCC2)nc2ccccc12)C(=O)NCc1cccs1. The van der Waals surface area contributed by atoms with Gasteiger partial charge in [0.25, 0.3) is 0 Å². The molecule has 1 fully saturated rings. The molecule has 6 nitrogen and oxygen atoms in total. The molecule has 1 aliphatic heterocycles. The normalized spacial score (nSPS) is 16.0. The molecule has 1 amide bonds. The molecule has 8 heteroatoms. The van der Waals surface area contributed by atoms with Gasteiger partial charge in [-0.2, -0.15) is 0 Å². The van der Waals surface area contributed by atoms with Crippen LogP contribution in [0.2, 0.25) is 0 Å². The lowest BCUT2D eigenvalue weighted by molar-refractivity contribution is -0.120. The molecular weight excluding hydrogens is 404 g/mol. The van der Waals surface area contributed by atoms with Gasteiger partial charge in [0.1, 0.15) is 10.9 Å². The number of para-hydroxylation sites is 1. The molecule has 0 radical (unpaired) electrons. The van der Waals surface area contributed by atoms with Crippen molar-refractivity contribution in [1.82, 2.24) is 20.2 Å². The molecule has 1 saturated heterocycles. The van der Waals surface area contributed by atoms with Gasteiger partial charge in [0, 0.05) is 23.4 Å². The molecule has 1 atom stereocenters. The highest BCUT2D eigenvalue weighted by atomic mass is 32.2. The third-order valence-electron chi connectivity index (χ3n) is 4.76. The number of thioether (sulfide) groups is 1. The number of hydrogen-bond acceptors (Lipinski definition) is 7. The van der Waals surface area contributed by atoms with Crippen molar-refractivity contribution in [3.63, 3.8) is 0 Å². The fourth-order valence-electron chi connectivity index (χ4n) is 3.17. The second kappa shape index (κ2) is 9.67. The Hall–Kier alpha value is -2.00. The minimum Gasteiger partial charge on any atom is -0.379 e. The van der Waals surface area contributed by atoms with Gasteiger partial charge in [-0.1, -0.05) is 36.0 Å². The quantitative estimate of drug-likeness (QED) is 0.460. The van der Waals surface area contributed by atoms with Crippen LogP contribution in [0.15, 0.2) is 46.8 Å². The number of ether oxygens (including phenoxy) is 1. The van der Waals surface area contributed by atoms with Crippen LogP contribution in [0.1, 0.15) is 17.6 Å². The Balaban J connectivity index is 1.49. The minimum absolute atomic E-state index is 0.0147. The zero-order chi connectivity index (χ0) is 20.1. The van der Waals surface area contributed by atoms with Crippen LogP contribution in [0.25, 0.3) is 10.9 Å². The summed E-state index contributed by atoms with van der Waals surface area (Å²) in [5.41, 5.74) is 0.916. The first-order valence-electron chi connectivity index (χ1n) is 9.71. The van der Waals surface area contributed by atoms with Crippen LogP contribution in [0, 0.1) is 0 Å². The van der Waals surface area contributed by atoms with E-state index < -0.39 is 0 Å². The number of nitrogens with one attached hydrogen (secondary N) is 1. The minimum atomic E-state index is -0.246. The fourth-order valence-corrected chi connectivity index (χ4v) is 4.79. The maximum atomic E-state index is 12.6. The smallest absolute Gasteiger partial charge is 0.233 e. The first-order valence-corrected chi connectivity index (χ1v) is 11.5. The highest BCUT2D eigenvalue weighted by Crippen LogP contribution is 2.29. The van der Waals surface area contributed by atoms with Crippen LogP contribution < -0.4 is 5.32 Å². The number of hydrogen-bond donors (Lipinski definition) is 1. The summed E-state index contributed by atoms with van der Waals surface area (Å²) in [6.45, 7) is 6.45. The van der Waals surface area contributed by atoms with Crippen LogP contribution in [-0.4, -0.2) is 52.3 Å². The number of morpholine rings is 1. The Morgan fingerprint density at radius 1 is 1.24 bits per heavy atom. The van der Waals surface area contributed by atoms with Crippen molar-refractivity contribution in [2.24, 2.45) is 0 Å². The number of thiophene rings is 1. The van der Waals surface area contributed by atoms with Gasteiger partial charge in [-0.3, -0.25) is 9.69 Å². The highest BCUT2D eigenvalue weighted by Gasteiger charge is 2.19. The van der Waals surface area contributed by atoms with Gasteiger partial charge in [-0.15, -0.1) is 11.3 Å². The van der Waals surface area contributed by atoms with Gasteiger partial charge in [0.15, 0.2) is 0 Å². The third-order valence-corrected chi connectivity index (χ3v) is 6.74. The second-order valence-corrected chi connectivity index (χ2v) is 9.27. The maximum absolute atomic E-state index is 12.6. The van der Waals surface area contributed by atoms with Gasteiger partial charge >= 0.3 is 0 Å². The van der Waals surface area contributed by atoms with Gasteiger partial charge in [-0.25, -0.2) is 9.97 Å². The average molecular weight is 429 g/mol. The third kappa shape index (κ3) is 5.33. The zero-order valence-corrected chi connectivity index (χ0v) is 18.0. The molecular formula is C21H24N4O2S2. The number of fused-ring (bicyclic) bond motifs is 1. The van der Waals surface area contributed by atoms with E-state index in [-0.39, 0.29) is 11.2 Å². The average Bonchev–Trinajstić information content (AvgIpc) is 3.26. The van der Waals surface area contributed by atoms with E-state index in [0.29, 0.717) is 13.1 Å². The molecule has 0 spiro atoms. The van der Waals surface area contributed by atoms with Crippen LogP contribution >= 0.6 is 23.1 Å². The lowest BCUT2D eigenvalue weighted by atomic mass is 10.2. The first-order chi connectivity index (χ1) is 14.2. The topological polar surface area (TPSA) is 67.3 Å². The highest BCUT2D eigenvalue weighted by molar-refractivity contribution is 8.00. The van der Waals surface area contributed by atoms with E-state index >= 15 is 0 Å². The molecule has 0 saturated carbocycles. The summed E-state index contributed by atoms with van der Waals surface area (Å²) in [4.78, 5) is 25.6. The number of rotatable bonds is 7. The van der Waals surface area contributed by atoms with Crippen LogP contribution in [0.4, 0.5) is 0 Å². The van der Waals surface area contributed by atoms with E-state index in [9.17, 15) is 4.79 Å². The van der Waals surface area contributed by atoms with E-state index in [0.717, 1.165) is 52.9 Å². The molecule has 1 aromatic carbocycles. The monoisotopic (exact) mass is 428 g/mol. The number of carbonyl (C=O) groups excluding carboxylic acids is 1. The molecule has 2 aromatic heterocycles. The maximum Gasteiger partial charge on any atom is 0.233 e. The Bertz CT molecular complexity index is 958. The largest absolute Gasteiger partial charge is 0.379 e. The molecule has 1 unspecified atom stereocenters. The summed E-state index contributed by atoms with van der Waals surface area (Å²) in [5, 5.41) is 6.64. The second-order valence-electron chi connectivity index (χ2n) is 6.91. The van der Waals surface area contributed by atoms with Crippen molar-refractivity contribution in [3.8, 4) is 0 Å². The van der Waals surface area contributed by atoms with Crippen LogP contribution in [0.3, 0.4) is 0 Å². The van der Waals surface area contributed by atoms with Crippen LogP contribution in [0.5, 0.6) is 0 Å². The van der Waals surface area contributed by atoms with Crippen molar-refractivity contribution in [2.45, 2.75) is 30.3 Å². The predicted molar refractivity (Wildman–Crippen MR) is 117 cm³/mol. The lowest BCUT2D eigenvalue weighted by Gasteiger charge is -2.26. The van der Waals surface area contributed by atoms with Gasteiger partial charge < -0.3 is 10.1 Å². The lowest BCUT2D eigenvalue weighted by Crippen LogP contribution is -2.36. The van der Waals surface area contributed by atoms with E-state index in [1.807, 2.05) is 48.7 Å². The number of benzene rings is 1. The van der Waals surface area contributed by atoms with Gasteiger partial charge in [0.2, 0.25) is 5.91 Å². The van der Waals surface area contributed by atoms with Crippen molar-refractivity contribution >= 4 is 39.9 Å². The molecule has 4 rings (SSSR count). The van der Waals surface area contributed by atoms with E-state index in [1.165, 1.54) is 11.8 Å². The Morgan fingerprint density at radius 2 is 2.07 bits per heavy atom. The summed E-state index contributed by atoms with van der Waals surface area (Å²) in [6.07, 6.45) is 0. The molecule has 0 bridgehead atoms. The Kier molecular flexibility index (Phi) is 6.76. The van der Waals surface area contributed by atoms with Gasteiger partial charge in [-0.05, 0) is 24.4 Å². The molecule has 1 N–H and O–H groups in total. The van der Waals surface area contributed by atoms with Crippen LogP contribution in [-0.2, 0) is 22.6 Å². The number of nitrogens with zero attached hydrogens (tertiary/aromatic N) is 3. The van der Waals surface area contributed by atoms with E-state index in [1.54, 1.807) is 11.3 Å². The van der Waals surface area contributed by atoms with Crippen molar-refractivity contribution in [1.29, 1.82) is 0 Å². The molecule has 3 aromatic rings. The molecule has 29 heavy (non-hydrogen) atoms. The summed E-state index contributed by atoms with van der Waals surface area (Å²) in [6, 6.07) is 12.0. The molecule has 3 heterocycles. The summed E-state index contributed by atoms with van der Waals surface area (Å²) in [5.74, 6) is 0.806. The predicted octanol–water partition coefficient (Wildman–Crippen LogP) is 3.32. The Labute approximate surface area is 178 Å². The van der Waals surface area contributed by atoms with Crippen molar-refractivity contribution < 1.29 is 9.53 Å². The summed E-state index contributed by atoms with van der Waals surface area (Å²) in [7, 11) is 0. The zero-order valence-electron chi connectivity index (χ0n) is 16.3.